The summed E-state index contributed by atoms with van der Waals surface area (Å²) in [7, 11) is 2.14. The lowest BCUT2D eigenvalue weighted by atomic mass is 9.90. The number of rotatable bonds is 2. The zero-order valence-electron chi connectivity index (χ0n) is 15.5. The monoisotopic (exact) mass is 330 g/mol. The molecule has 24 heavy (non-hydrogen) atoms. The second-order valence-corrected chi connectivity index (χ2v) is 8.60. The van der Waals surface area contributed by atoms with Crippen molar-refractivity contribution in [2.45, 2.75) is 58.9 Å². The van der Waals surface area contributed by atoms with Crippen LogP contribution >= 0.6 is 0 Å². The van der Waals surface area contributed by atoms with Crippen molar-refractivity contribution in [1.82, 2.24) is 19.8 Å². The number of piperidine rings is 1. The van der Waals surface area contributed by atoms with Gasteiger partial charge in [-0.15, -0.1) is 0 Å². The van der Waals surface area contributed by atoms with Crippen LogP contribution < -0.4 is 0 Å². The maximum Gasteiger partial charge on any atom is 0.223 e. The van der Waals surface area contributed by atoms with Crippen LogP contribution in [0.3, 0.4) is 0 Å². The van der Waals surface area contributed by atoms with Crippen LogP contribution in [0, 0.1) is 5.41 Å². The van der Waals surface area contributed by atoms with E-state index in [1.54, 1.807) is 0 Å². The van der Waals surface area contributed by atoms with Gasteiger partial charge in [-0.05, 0) is 25.3 Å². The highest BCUT2D eigenvalue weighted by Gasteiger charge is 2.29. The van der Waals surface area contributed by atoms with Crippen LogP contribution in [0.2, 0.25) is 0 Å². The van der Waals surface area contributed by atoms with Crippen LogP contribution in [0.1, 0.15) is 63.0 Å². The van der Waals surface area contributed by atoms with Crippen molar-refractivity contribution in [2.24, 2.45) is 5.41 Å². The molecule has 5 heteroatoms. The fourth-order valence-corrected chi connectivity index (χ4v) is 3.65. The minimum Gasteiger partial charge on any atom is -0.342 e. The lowest BCUT2D eigenvalue weighted by Crippen LogP contribution is -2.41. The molecule has 1 fully saturated rings. The molecule has 2 aliphatic heterocycles. The van der Waals surface area contributed by atoms with Crippen LogP contribution in [0.15, 0.2) is 6.20 Å². The van der Waals surface area contributed by atoms with E-state index in [0.717, 1.165) is 51.3 Å². The van der Waals surface area contributed by atoms with Gasteiger partial charge in [-0.3, -0.25) is 4.79 Å². The number of hydrogen-bond acceptors (Lipinski definition) is 4. The van der Waals surface area contributed by atoms with Crippen LogP contribution in [-0.2, 0) is 17.8 Å². The second kappa shape index (κ2) is 6.79. The van der Waals surface area contributed by atoms with E-state index in [2.05, 4.69) is 37.7 Å². The summed E-state index contributed by atoms with van der Waals surface area (Å²) in [4.78, 5) is 26.4. The third kappa shape index (κ3) is 4.12. The second-order valence-electron chi connectivity index (χ2n) is 8.60. The third-order valence-electron chi connectivity index (χ3n) is 4.96. The predicted octanol–water partition coefficient (Wildman–Crippen LogP) is 2.61. The highest BCUT2D eigenvalue weighted by Crippen LogP contribution is 2.28. The van der Waals surface area contributed by atoms with Crippen molar-refractivity contribution < 1.29 is 4.79 Å². The predicted molar refractivity (Wildman–Crippen MR) is 94.7 cm³/mol. The first-order valence-corrected chi connectivity index (χ1v) is 9.13. The van der Waals surface area contributed by atoms with Crippen molar-refractivity contribution in [3.05, 3.63) is 23.3 Å². The van der Waals surface area contributed by atoms with Gasteiger partial charge in [-0.25, -0.2) is 9.97 Å². The smallest absolute Gasteiger partial charge is 0.223 e. The quantitative estimate of drug-likeness (QED) is 0.836. The summed E-state index contributed by atoms with van der Waals surface area (Å²) in [5.74, 6) is 1.49. The molecule has 3 rings (SSSR count). The molecule has 1 aromatic rings. The maximum absolute atomic E-state index is 12.5. The standard InChI is InChI=1S/C19H30N4O/c1-19(2,3)10-17(24)23-8-5-6-14(13-23)18-20-11-15-12-22(4)9-7-16(15)21-18/h11,14H,5-10,12-13H2,1-4H3/t14-/m1/s1. The maximum atomic E-state index is 12.5. The van der Waals surface area contributed by atoms with Crippen LogP contribution in [0.5, 0.6) is 0 Å². The topological polar surface area (TPSA) is 49.3 Å². The molecule has 5 nitrogen and oxygen atoms in total. The fourth-order valence-electron chi connectivity index (χ4n) is 3.65. The van der Waals surface area contributed by atoms with E-state index < -0.39 is 0 Å². The zero-order valence-corrected chi connectivity index (χ0v) is 15.5. The summed E-state index contributed by atoms with van der Waals surface area (Å²) in [6.07, 6.45) is 5.74. The number of likely N-dealkylation sites (tertiary alicyclic amines) is 1. The Balaban J connectivity index is 1.70. The summed E-state index contributed by atoms with van der Waals surface area (Å²) in [6, 6.07) is 0. The van der Waals surface area contributed by atoms with Crippen LogP contribution in [0.25, 0.3) is 0 Å². The molecule has 0 bridgehead atoms. The molecule has 0 unspecified atom stereocenters. The first-order chi connectivity index (χ1) is 11.3. The van der Waals surface area contributed by atoms with Gasteiger partial charge in [0.1, 0.15) is 5.82 Å². The SMILES string of the molecule is CN1CCc2nc([C@@H]3CCCN(C(=O)CC(C)(C)C)C3)ncc2C1. The molecular weight excluding hydrogens is 300 g/mol. The van der Waals surface area contributed by atoms with Gasteiger partial charge in [0.2, 0.25) is 5.91 Å². The average Bonchev–Trinajstić information content (AvgIpc) is 2.53. The normalized spacial score (nSPS) is 22.3. The Kier molecular flexibility index (Phi) is 4.90. The number of carbonyl (C=O) groups is 1. The Morgan fingerprint density at radius 3 is 2.88 bits per heavy atom. The Hall–Kier alpha value is -1.49. The van der Waals surface area contributed by atoms with Gasteiger partial charge in [0.05, 0.1) is 0 Å². The molecule has 2 aliphatic rings. The largest absolute Gasteiger partial charge is 0.342 e. The highest BCUT2D eigenvalue weighted by atomic mass is 16.2. The lowest BCUT2D eigenvalue weighted by molar-refractivity contribution is -0.134. The fraction of sp³-hybridized carbons (Fsp3) is 0.737. The van der Waals surface area contributed by atoms with E-state index in [1.165, 1.54) is 11.3 Å². The number of carbonyl (C=O) groups excluding carboxylic acids is 1. The van der Waals surface area contributed by atoms with Crippen molar-refractivity contribution in [3.63, 3.8) is 0 Å². The van der Waals surface area contributed by atoms with Crippen molar-refractivity contribution in [1.29, 1.82) is 0 Å². The van der Waals surface area contributed by atoms with Crippen LogP contribution in [-0.4, -0.2) is 52.4 Å². The number of amides is 1. The molecule has 1 atom stereocenters. The summed E-state index contributed by atoms with van der Waals surface area (Å²) in [5, 5.41) is 0. The van der Waals surface area contributed by atoms with E-state index in [4.69, 9.17) is 4.98 Å². The van der Waals surface area contributed by atoms with E-state index in [1.807, 2.05) is 11.1 Å². The van der Waals surface area contributed by atoms with E-state index in [9.17, 15) is 4.79 Å². The van der Waals surface area contributed by atoms with Gasteiger partial charge in [-0.2, -0.15) is 0 Å². The molecule has 0 radical (unpaired) electrons. The number of aromatic nitrogens is 2. The molecule has 1 saturated heterocycles. The first kappa shape index (κ1) is 17.3. The van der Waals surface area contributed by atoms with Gasteiger partial charge in [0, 0.05) is 62.4 Å². The highest BCUT2D eigenvalue weighted by molar-refractivity contribution is 5.77. The van der Waals surface area contributed by atoms with Crippen LogP contribution in [0.4, 0.5) is 0 Å². The average molecular weight is 330 g/mol. The van der Waals surface area contributed by atoms with Gasteiger partial charge in [0.25, 0.3) is 0 Å². The van der Waals surface area contributed by atoms with E-state index in [0.29, 0.717) is 6.42 Å². The molecule has 0 spiro atoms. The minimum absolute atomic E-state index is 0.0401. The van der Waals surface area contributed by atoms with Gasteiger partial charge < -0.3 is 9.80 Å². The first-order valence-electron chi connectivity index (χ1n) is 9.13. The van der Waals surface area contributed by atoms with Crippen molar-refractivity contribution >= 4 is 5.91 Å². The summed E-state index contributed by atoms with van der Waals surface area (Å²) in [5.41, 5.74) is 2.50. The van der Waals surface area contributed by atoms with E-state index >= 15 is 0 Å². The summed E-state index contributed by atoms with van der Waals surface area (Å²) >= 11 is 0. The molecule has 132 valence electrons. The molecule has 0 aromatic carbocycles. The molecule has 3 heterocycles. The van der Waals surface area contributed by atoms with E-state index in [-0.39, 0.29) is 17.2 Å². The number of hydrogen-bond donors (Lipinski definition) is 0. The number of fused-ring (bicyclic) bond motifs is 1. The summed E-state index contributed by atoms with van der Waals surface area (Å²) in [6.45, 7) is 10.0. The van der Waals surface area contributed by atoms with Gasteiger partial charge >= 0.3 is 0 Å². The molecular formula is C19H30N4O. The number of nitrogens with zero attached hydrogens (tertiary/aromatic N) is 4. The van der Waals surface area contributed by atoms with Crippen molar-refractivity contribution in [2.75, 3.05) is 26.7 Å². The third-order valence-corrected chi connectivity index (χ3v) is 4.96. The Bertz CT molecular complexity index is 608. The molecule has 0 aliphatic carbocycles. The Morgan fingerprint density at radius 1 is 1.33 bits per heavy atom. The van der Waals surface area contributed by atoms with Crippen molar-refractivity contribution in [3.8, 4) is 0 Å². The van der Waals surface area contributed by atoms with Gasteiger partial charge in [0.15, 0.2) is 0 Å². The summed E-state index contributed by atoms with van der Waals surface area (Å²) < 4.78 is 0. The number of likely N-dealkylation sites (N-methyl/N-ethyl adjacent to an activating group) is 1. The lowest BCUT2D eigenvalue weighted by Gasteiger charge is -2.34. The Labute approximate surface area is 145 Å². The van der Waals surface area contributed by atoms with Gasteiger partial charge in [-0.1, -0.05) is 20.8 Å². The minimum atomic E-state index is 0.0401. The molecule has 1 aromatic heterocycles. The Morgan fingerprint density at radius 2 is 2.12 bits per heavy atom. The molecule has 0 N–H and O–H groups in total. The molecule has 1 amide bonds. The zero-order chi connectivity index (χ0) is 17.3. The molecule has 0 saturated carbocycles.